The van der Waals surface area contributed by atoms with E-state index in [4.69, 9.17) is 4.74 Å². The van der Waals surface area contributed by atoms with E-state index in [1.54, 1.807) is 6.07 Å². The lowest BCUT2D eigenvalue weighted by atomic mass is 10.1. The second-order valence-corrected chi connectivity index (χ2v) is 2.32. The number of hydrogen-bond acceptors (Lipinski definition) is 1. The summed E-state index contributed by atoms with van der Waals surface area (Å²) in [5.74, 6) is 0.0223. The molecule has 2 heteroatoms. The molecule has 0 fully saturated rings. The first kappa shape index (κ1) is 8.05. The fraction of sp³-hybridized carbons (Fsp3) is 0.333. The maximum atomic E-state index is 12.9. The highest BCUT2D eigenvalue weighted by atomic mass is 19.1. The lowest BCUT2D eigenvalue weighted by Crippen LogP contribution is -1.89. The van der Waals surface area contributed by atoms with E-state index < -0.39 is 0 Å². The molecule has 60 valence electrons. The Morgan fingerprint density at radius 2 is 2.18 bits per heavy atom. The van der Waals surface area contributed by atoms with Crippen LogP contribution in [-0.4, -0.2) is 7.11 Å². The van der Waals surface area contributed by atoms with Gasteiger partial charge in [-0.15, -0.1) is 0 Å². The molecular weight excluding hydrogens is 143 g/mol. The molecule has 0 spiro atoms. The van der Waals surface area contributed by atoms with Gasteiger partial charge in [0.2, 0.25) is 0 Å². The van der Waals surface area contributed by atoms with Gasteiger partial charge in [0.05, 0.1) is 7.11 Å². The zero-order valence-electron chi connectivity index (χ0n) is 6.73. The van der Waals surface area contributed by atoms with Crippen molar-refractivity contribution in [1.29, 1.82) is 0 Å². The molecule has 0 aromatic heterocycles. The fourth-order valence-corrected chi connectivity index (χ4v) is 0.930. The van der Waals surface area contributed by atoms with Crippen molar-refractivity contribution in [3.63, 3.8) is 0 Å². The standard InChI is InChI=1S/C9H11FO/c1-3-7-4-5-9(11-2)8(10)6-7/h4-6H,3H2,1-2H3. The molecule has 0 heterocycles. The largest absolute Gasteiger partial charge is 0.494 e. The fourth-order valence-electron chi connectivity index (χ4n) is 0.930. The number of rotatable bonds is 2. The average molecular weight is 154 g/mol. The van der Waals surface area contributed by atoms with Crippen LogP contribution in [0.4, 0.5) is 4.39 Å². The molecule has 1 rings (SSSR count). The van der Waals surface area contributed by atoms with Crippen LogP contribution in [0.15, 0.2) is 18.2 Å². The molecule has 0 saturated carbocycles. The van der Waals surface area contributed by atoms with E-state index in [-0.39, 0.29) is 5.82 Å². The smallest absolute Gasteiger partial charge is 0.165 e. The van der Waals surface area contributed by atoms with Crippen LogP contribution < -0.4 is 4.74 Å². The minimum atomic E-state index is -0.285. The minimum absolute atomic E-state index is 0.285. The van der Waals surface area contributed by atoms with Gasteiger partial charge >= 0.3 is 0 Å². The number of ether oxygens (including phenoxy) is 1. The monoisotopic (exact) mass is 154 g/mol. The first-order valence-corrected chi connectivity index (χ1v) is 3.60. The summed E-state index contributed by atoms with van der Waals surface area (Å²) in [6.07, 6.45) is 0.848. The molecule has 0 aliphatic heterocycles. The Labute approximate surface area is 65.8 Å². The lowest BCUT2D eigenvalue weighted by molar-refractivity contribution is 0.386. The van der Waals surface area contributed by atoms with Gasteiger partial charge in [-0.3, -0.25) is 0 Å². The zero-order valence-corrected chi connectivity index (χ0v) is 6.73. The summed E-state index contributed by atoms with van der Waals surface area (Å²) in [6, 6.07) is 5.01. The molecule has 1 aromatic carbocycles. The summed E-state index contributed by atoms with van der Waals surface area (Å²) in [4.78, 5) is 0. The summed E-state index contributed by atoms with van der Waals surface area (Å²) < 4.78 is 17.7. The molecule has 0 saturated heterocycles. The Hall–Kier alpha value is -1.05. The third-order valence-corrected chi connectivity index (χ3v) is 1.62. The van der Waals surface area contributed by atoms with Crippen LogP contribution in [0.1, 0.15) is 12.5 Å². The first-order valence-electron chi connectivity index (χ1n) is 3.60. The average Bonchev–Trinajstić information content (AvgIpc) is 2.04. The van der Waals surface area contributed by atoms with E-state index in [1.165, 1.54) is 13.2 Å². The number of methoxy groups -OCH3 is 1. The van der Waals surface area contributed by atoms with E-state index in [1.807, 2.05) is 13.0 Å². The Kier molecular flexibility index (Phi) is 2.47. The normalized spacial score (nSPS) is 9.73. The molecule has 0 radical (unpaired) electrons. The molecular formula is C9H11FO. The van der Waals surface area contributed by atoms with Crippen molar-refractivity contribution in [2.24, 2.45) is 0 Å². The summed E-state index contributed by atoms with van der Waals surface area (Å²) in [6.45, 7) is 1.99. The van der Waals surface area contributed by atoms with Gasteiger partial charge in [0.25, 0.3) is 0 Å². The van der Waals surface area contributed by atoms with Crippen molar-refractivity contribution in [2.75, 3.05) is 7.11 Å². The summed E-state index contributed by atoms with van der Waals surface area (Å²) in [5.41, 5.74) is 0.989. The van der Waals surface area contributed by atoms with E-state index in [9.17, 15) is 4.39 Å². The highest BCUT2D eigenvalue weighted by Crippen LogP contribution is 2.17. The van der Waals surface area contributed by atoms with Crippen LogP contribution in [0.3, 0.4) is 0 Å². The molecule has 11 heavy (non-hydrogen) atoms. The predicted molar refractivity (Wildman–Crippen MR) is 42.3 cm³/mol. The Balaban J connectivity index is 2.99. The van der Waals surface area contributed by atoms with Gasteiger partial charge in [-0.1, -0.05) is 13.0 Å². The highest BCUT2D eigenvalue weighted by molar-refractivity contribution is 5.29. The van der Waals surface area contributed by atoms with Crippen LogP contribution in [-0.2, 0) is 6.42 Å². The Morgan fingerprint density at radius 3 is 2.64 bits per heavy atom. The highest BCUT2D eigenvalue weighted by Gasteiger charge is 2.00. The summed E-state index contributed by atoms with van der Waals surface area (Å²) in [5, 5.41) is 0. The number of hydrogen-bond donors (Lipinski definition) is 0. The van der Waals surface area contributed by atoms with Crippen molar-refractivity contribution >= 4 is 0 Å². The molecule has 1 aromatic rings. The van der Waals surface area contributed by atoms with E-state index in [2.05, 4.69) is 0 Å². The number of benzene rings is 1. The summed E-state index contributed by atoms with van der Waals surface area (Å²) in [7, 11) is 1.46. The van der Waals surface area contributed by atoms with Crippen molar-refractivity contribution in [2.45, 2.75) is 13.3 Å². The third-order valence-electron chi connectivity index (χ3n) is 1.62. The van der Waals surface area contributed by atoms with Crippen LogP contribution in [0.5, 0.6) is 5.75 Å². The van der Waals surface area contributed by atoms with Gasteiger partial charge in [0.1, 0.15) is 0 Å². The predicted octanol–water partition coefficient (Wildman–Crippen LogP) is 2.40. The molecule has 0 atom stereocenters. The van der Waals surface area contributed by atoms with E-state index in [0.29, 0.717) is 5.75 Å². The maximum Gasteiger partial charge on any atom is 0.165 e. The molecule has 0 aliphatic carbocycles. The Bertz CT molecular complexity index is 245. The van der Waals surface area contributed by atoms with Crippen molar-refractivity contribution in [1.82, 2.24) is 0 Å². The van der Waals surface area contributed by atoms with Crippen LogP contribution in [0.25, 0.3) is 0 Å². The molecule has 0 bridgehead atoms. The SMILES string of the molecule is CCc1ccc(OC)c(F)c1. The van der Waals surface area contributed by atoms with Gasteiger partial charge in [0.15, 0.2) is 11.6 Å². The van der Waals surface area contributed by atoms with Crippen LogP contribution in [0.2, 0.25) is 0 Å². The van der Waals surface area contributed by atoms with Gasteiger partial charge in [-0.25, -0.2) is 4.39 Å². The number of halogens is 1. The first-order chi connectivity index (χ1) is 5.27. The molecule has 0 N–H and O–H groups in total. The van der Waals surface area contributed by atoms with Gasteiger partial charge in [-0.05, 0) is 24.1 Å². The van der Waals surface area contributed by atoms with Gasteiger partial charge in [0, 0.05) is 0 Å². The van der Waals surface area contributed by atoms with Crippen LogP contribution >= 0.6 is 0 Å². The second kappa shape index (κ2) is 3.37. The van der Waals surface area contributed by atoms with Crippen molar-refractivity contribution in [3.8, 4) is 5.75 Å². The zero-order chi connectivity index (χ0) is 8.27. The molecule has 0 aliphatic rings. The quantitative estimate of drug-likeness (QED) is 0.635. The Morgan fingerprint density at radius 1 is 1.45 bits per heavy atom. The summed E-state index contributed by atoms with van der Waals surface area (Å²) >= 11 is 0. The maximum absolute atomic E-state index is 12.9. The lowest BCUT2D eigenvalue weighted by Gasteiger charge is -2.02. The van der Waals surface area contributed by atoms with Crippen molar-refractivity contribution < 1.29 is 9.13 Å². The van der Waals surface area contributed by atoms with Gasteiger partial charge < -0.3 is 4.74 Å². The molecule has 1 nitrogen and oxygen atoms in total. The minimum Gasteiger partial charge on any atom is -0.494 e. The topological polar surface area (TPSA) is 9.23 Å². The third kappa shape index (κ3) is 1.70. The van der Waals surface area contributed by atoms with Crippen molar-refractivity contribution in [3.05, 3.63) is 29.6 Å². The second-order valence-electron chi connectivity index (χ2n) is 2.32. The molecule has 0 unspecified atom stereocenters. The van der Waals surface area contributed by atoms with E-state index in [0.717, 1.165) is 12.0 Å². The van der Waals surface area contributed by atoms with Crippen LogP contribution in [0, 0.1) is 5.82 Å². The molecule has 0 amide bonds. The number of aryl methyl sites for hydroxylation is 1. The van der Waals surface area contributed by atoms with E-state index >= 15 is 0 Å². The van der Waals surface area contributed by atoms with Gasteiger partial charge in [-0.2, -0.15) is 0 Å².